The summed E-state index contributed by atoms with van der Waals surface area (Å²) in [7, 11) is 0. The number of amides is 2. The fraction of sp³-hybridized carbons (Fsp3) is 0.722. The van der Waals surface area contributed by atoms with E-state index in [4.69, 9.17) is 37.4 Å². The highest BCUT2D eigenvalue weighted by atomic mass is 35.5. The molecule has 2 N–H and O–H groups in total. The van der Waals surface area contributed by atoms with Crippen molar-refractivity contribution in [3.05, 3.63) is 10.6 Å². The van der Waals surface area contributed by atoms with Gasteiger partial charge in [0.15, 0.2) is 0 Å². The zero-order valence-electron chi connectivity index (χ0n) is 17.8. The first-order valence-corrected chi connectivity index (χ1v) is 10.2. The first kappa shape index (κ1) is 24.2. The molecule has 0 spiro atoms. The maximum Gasteiger partial charge on any atom is 0.408 e. The maximum absolute atomic E-state index is 12.3. The van der Waals surface area contributed by atoms with Crippen LogP contribution in [0.1, 0.15) is 54.4 Å². The van der Waals surface area contributed by atoms with Crippen LogP contribution in [-0.4, -0.2) is 56.5 Å². The topological polar surface area (TPSA) is 125 Å². The van der Waals surface area contributed by atoms with Gasteiger partial charge in [0.1, 0.15) is 17.3 Å². The van der Waals surface area contributed by atoms with Gasteiger partial charge in [0.05, 0.1) is 6.04 Å². The summed E-state index contributed by atoms with van der Waals surface area (Å²) in [5, 5.41) is 5.31. The molecular weight excluding hydrogens is 437 g/mol. The summed E-state index contributed by atoms with van der Waals surface area (Å²) in [5.74, 6) is 0. The van der Waals surface area contributed by atoms with E-state index in [1.807, 2.05) is 0 Å². The van der Waals surface area contributed by atoms with Crippen LogP contribution in [0.3, 0.4) is 0 Å². The molecule has 2 amide bonds. The zero-order valence-corrected chi connectivity index (χ0v) is 19.3. The number of alkyl carbamates (subject to hydrolysis) is 2. The predicted molar refractivity (Wildman–Crippen MR) is 110 cm³/mol. The number of aromatic nitrogens is 3. The minimum Gasteiger partial charge on any atom is -0.458 e. The molecule has 30 heavy (non-hydrogen) atoms. The Morgan fingerprint density at radius 1 is 0.867 bits per heavy atom. The molecule has 2 rings (SSSR count). The smallest absolute Gasteiger partial charge is 0.408 e. The number of nitrogens with zero attached hydrogens (tertiary/aromatic N) is 3. The molecule has 1 heterocycles. The minimum absolute atomic E-state index is 0.0843. The Bertz CT molecular complexity index is 761. The Morgan fingerprint density at radius 2 is 1.37 bits per heavy atom. The van der Waals surface area contributed by atoms with Crippen LogP contribution in [0.25, 0.3) is 0 Å². The van der Waals surface area contributed by atoms with E-state index in [1.54, 1.807) is 41.5 Å². The van der Waals surface area contributed by atoms with E-state index < -0.39 is 35.5 Å². The fourth-order valence-electron chi connectivity index (χ4n) is 2.83. The van der Waals surface area contributed by atoms with Crippen LogP contribution in [0.5, 0.6) is 6.01 Å². The number of carbonyl (C=O) groups excluding carboxylic acids is 2. The lowest BCUT2D eigenvalue weighted by Crippen LogP contribution is -2.45. The first-order valence-electron chi connectivity index (χ1n) is 9.43. The van der Waals surface area contributed by atoms with Crippen LogP contribution in [0.15, 0.2) is 0 Å². The molecule has 0 saturated heterocycles. The molecule has 0 aliphatic heterocycles. The summed E-state index contributed by atoms with van der Waals surface area (Å²) in [6.45, 7) is 10.6. The molecule has 10 nitrogen and oxygen atoms in total. The lowest BCUT2D eigenvalue weighted by molar-refractivity contribution is 0.0457. The summed E-state index contributed by atoms with van der Waals surface area (Å²) >= 11 is 11.6. The molecule has 168 valence electrons. The fourth-order valence-corrected chi connectivity index (χ4v) is 3.18. The van der Waals surface area contributed by atoms with Crippen LogP contribution in [-0.2, 0) is 9.47 Å². The Kier molecular flexibility index (Phi) is 7.57. The van der Waals surface area contributed by atoms with Gasteiger partial charge >= 0.3 is 18.2 Å². The Labute approximate surface area is 185 Å². The maximum atomic E-state index is 12.3. The lowest BCUT2D eigenvalue weighted by atomic mass is 10.2. The molecular formula is C18H27Cl2N5O5. The van der Waals surface area contributed by atoms with Crippen LogP contribution in [0.2, 0.25) is 10.6 Å². The second kappa shape index (κ2) is 9.38. The van der Waals surface area contributed by atoms with E-state index in [0.29, 0.717) is 12.8 Å². The third-order valence-corrected chi connectivity index (χ3v) is 4.08. The van der Waals surface area contributed by atoms with Crippen LogP contribution in [0.4, 0.5) is 9.59 Å². The summed E-state index contributed by atoms with van der Waals surface area (Å²) in [5.41, 5.74) is -1.30. The van der Waals surface area contributed by atoms with E-state index in [1.165, 1.54) is 0 Å². The van der Waals surface area contributed by atoms with Gasteiger partial charge in [0.25, 0.3) is 0 Å². The zero-order chi connectivity index (χ0) is 22.7. The van der Waals surface area contributed by atoms with E-state index in [2.05, 4.69) is 25.6 Å². The third kappa shape index (κ3) is 8.35. The van der Waals surface area contributed by atoms with Crippen molar-refractivity contribution in [3.8, 4) is 6.01 Å². The van der Waals surface area contributed by atoms with Crippen molar-refractivity contribution in [1.82, 2.24) is 25.6 Å². The van der Waals surface area contributed by atoms with Gasteiger partial charge in [0, 0.05) is 12.5 Å². The Hall–Kier alpha value is -2.07. The number of halogens is 2. The van der Waals surface area contributed by atoms with Crippen molar-refractivity contribution in [3.63, 3.8) is 0 Å². The Morgan fingerprint density at radius 3 is 1.87 bits per heavy atom. The number of hydrogen-bond donors (Lipinski definition) is 2. The van der Waals surface area contributed by atoms with Crippen LogP contribution < -0.4 is 15.4 Å². The average molecular weight is 464 g/mol. The largest absolute Gasteiger partial charge is 0.458 e. The van der Waals surface area contributed by atoms with Crippen molar-refractivity contribution < 1.29 is 23.8 Å². The molecule has 1 aromatic rings. The summed E-state index contributed by atoms with van der Waals surface area (Å²) in [6.07, 6.45) is -0.996. The predicted octanol–water partition coefficient (Wildman–Crippen LogP) is 3.51. The molecule has 1 aliphatic carbocycles. The van der Waals surface area contributed by atoms with E-state index >= 15 is 0 Å². The first-order chi connectivity index (χ1) is 13.7. The summed E-state index contributed by atoms with van der Waals surface area (Å²) < 4.78 is 16.4. The van der Waals surface area contributed by atoms with E-state index in [0.717, 1.165) is 0 Å². The number of rotatable bonds is 4. The van der Waals surface area contributed by atoms with Gasteiger partial charge in [-0.2, -0.15) is 15.0 Å². The van der Waals surface area contributed by atoms with Crippen molar-refractivity contribution in [2.45, 2.75) is 83.8 Å². The van der Waals surface area contributed by atoms with E-state index in [-0.39, 0.29) is 22.6 Å². The van der Waals surface area contributed by atoms with E-state index in [9.17, 15) is 9.59 Å². The van der Waals surface area contributed by atoms with Gasteiger partial charge in [0.2, 0.25) is 10.6 Å². The highest BCUT2D eigenvalue weighted by molar-refractivity contribution is 6.31. The molecule has 0 unspecified atom stereocenters. The SMILES string of the molecule is CC(C)(C)OC(=O)N[C@@H]1C[C@H](NC(=O)OC(C)(C)C)[C@@H](Oc2nc(Cl)nc(Cl)n2)C1. The minimum atomic E-state index is -0.664. The molecule has 1 saturated carbocycles. The summed E-state index contributed by atoms with van der Waals surface area (Å²) in [4.78, 5) is 35.8. The van der Waals surface area contributed by atoms with Crippen LogP contribution in [0, 0.1) is 0 Å². The number of hydrogen-bond acceptors (Lipinski definition) is 8. The molecule has 0 bridgehead atoms. The highest BCUT2D eigenvalue weighted by Crippen LogP contribution is 2.26. The number of nitrogens with one attached hydrogen (secondary N) is 2. The van der Waals surface area contributed by atoms with Gasteiger partial charge in [-0.05, 0) is 71.2 Å². The number of ether oxygens (including phenoxy) is 3. The lowest BCUT2D eigenvalue weighted by Gasteiger charge is -2.24. The molecule has 12 heteroatoms. The van der Waals surface area contributed by atoms with Gasteiger partial charge in [-0.25, -0.2) is 9.59 Å². The molecule has 1 fully saturated rings. The quantitative estimate of drug-likeness (QED) is 0.694. The normalized spacial score (nSPS) is 21.7. The van der Waals surface area contributed by atoms with Gasteiger partial charge in [-0.3, -0.25) is 0 Å². The van der Waals surface area contributed by atoms with Gasteiger partial charge in [-0.15, -0.1) is 0 Å². The molecule has 1 aromatic heterocycles. The van der Waals surface area contributed by atoms with Crippen molar-refractivity contribution in [1.29, 1.82) is 0 Å². The molecule has 0 aromatic carbocycles. The molecule has 0 radical (unpaired) electrons. The van der Waals surface area contributed by atoms with Crippen LogP contribution >= 0.6 is 23.2 Å². The monoisotopic (exact) mass is 463 g/mol. The van der Waals surface area contributed by atoms with Crippen molar-refractivity contribution in [2.24, 2.45) is 0 Å². The number of carbonyl (C=O) groups is 2. The van der Waals surface area contributed by atoms with Crippen molar-refractivity contribution >= 4 is 35.4 Å². The molecule has 1 aliphatic rings. The standard InChI is InChI=1S/C18H27Cl2N5O5/c1-17(2,3)29-15(26)21-9-7-10(22-16(27)30-18(4,5)6)11(8-9)28-14-24-12(19)23-13(20)25-14/h9-11H,7-8H2,1-6H3,(H,21,26)(H,22,27)/t9-,10+,11+/m1/s1. The average Bonchev–Trinajstić information content (AvgIpc) is 2.82. The molecule has 3 atom stereocenters. The highest BCUT2D eigenvalue weighted by Gasteiger charge is 2.39. The second-order valence-corrected chi connectivity index (χ2v) is 9.56. The van der Waals surface area contributed by atoms with Gasteiger partial charge in [-0.1, -0.05) is 0 Å². The van der Waals surface area contributed by atoms with Gasteiger partial charge < -0.3 is 24.8 Å². The third-order valence-electron chi connectivity index (χ3n) is 3.74. The second-order valence-electron chi connectivity index (χ2n) is 8.88. The van der Waals surface area contributed by atoms with Crippen molar-refractivity contribution in [2.75, 3.05) is 0 Å². The summed E-state index contributed by atoms with van der Waals surface area (Å²) in [6, 6.07) is -0.898. The Balaban J connectivity index is 2.10.